The van der Waals surface area contributed by atoms with Crippen LogP contribution < -0.4 is 14.8 Å². The fourth-order valence-electron chi connectivity index (χ4n) is 2.58. The SMILES string of the molecule is Clc1ccc(CN=C2NSc3cccc(Oc4ccccc4Cl)c3N2)c(Cl)c1. The van der Waals surface area contributed by atoms with Crippen LogP contribution in [0.2, 0.25) is 15.1 Å². The van der Waals surface area contributed by atoms with E-state index in [4.69, 9.17) is 39.5 Å². The summed E-state index contributed by atoms with van der Waals surface area (Å²) in [6, 6.07) is 18.5. The summed E-state index contributed by atoms with van der Waals surface area (Å²) in [6.45, 7) is 0.411. The number of hydrogen-bond donors (Lipinski definition) is 2. The molecule has 0 saturated heterocycles. The van der Waals surface area contributed by atoms with Crippen LogP contribution in [0.15, 0.2) is 70.6 Å². The first-order valence-electron chi connectivity index (χ1n) is 8.34. The third-order valence-electron chi connectivity index (χ3n) is 3.97. The van der Waals surface area contributed by atoms with Gasteiger partial charge in [0.25, 0.3) is 0 Å². The summed E-state index contributed by atoms with van der Waals surface area (Å²) in [6.07, 6.45) is 0. The van der Waals surface area contributed by atoms with Crippen molar-refractivity contribution in [2.75, 3.05) is 5.32 Å². The van der Waals surface area contributed by atoms with Crippen molar-refractivity contribution in [1.82, 2.24) is 4.72 Å². The van der Waals surface area contributed by atoms with Crippen LogP contribution in [0.25, 0.3) is 0 Å². The van der Waals surface area contributed by atoms with Gasteiger partial charge in [0, 0.05) is 10.0 Å². The highest BCUT2D eigenvalue weighted by Crippen LogP contribution is 2.40. The molecule has 1 aliphatic rings. The predicted molar refractivity (Wildman–Crippen MR) is 118 cm³/mol. The molecule has 4 nitrogen and oxygen atoms in total. The second-order valence-corrected chi connectivity index (χ2v) is 7.99. The number of anilines is 1. The van der Waals surface area contributed by atoms with E-state index in [-0.39, 0.29) is 0 Å². The number of aliphatic imine (C=N–C) groups is 1. The standard InChI is InChI=1S/C20H14Cl3N3OS/c21-13-9-8-12(15(23)10-13)11-24-20-25-19-17(6-3-7-18(19)28-26-20)27-16-5-2-1-4-14(16)22/h1-10H,11H2,(H2,24,25,26). The summed E-state index contributed by atoms with van der Waals surface area (Å²) in [5.74, 6) is 1.87. The topological polar surface area (TPSA) is 45.7 Å². The van der Waals surface area contributed by atoms with Crippen LogP contribution in [-0.2, 0) is 6.54 Å². The van der Waals surface area contributed by atoms with Gasteiger partial charge >= 0.3 is 0 Å². The number of benzene rings is 3. The van der Waals surface area contributed by atoms with Gasteiger partial charge in [-0.3, -0.25) is 4.72 Å². The molecule has 8 heteroatoms. The summed E-state index contributed by atoms with van der Waals surface area (Å²) in [4.78, 5) is 5.57. The first kappa shape index (κ1) is 19.3. The molecule has 0 fully saturated rings. The molecule has 1 heterocycles. The highest BCUT2D eigenvalue weighted by molar-refractivity contribution is 7.98. The molecule has 3 aromatic carbocycles. The second kappa shape index (κ2) is 8.53. The van der Waals surface area contributed by atoms with E-state index in [0.29, 0.717) is 39.1 Å². The van der Waals surface area contributed by atoms with Crippen LogP contribution in [0.1, 0.15) is 5.56 Å². The zero-order valence-corrected chi connectivity index (χ0v) is 17.5. The van der Waals surface area contributed by atoms with Gasteiger partial charge in [-0.25, -0.2) is 4.99 Å². The zero-order chi connectivity index (χ0) is 19.5. The van der Waals surface area contributed by atoms with E-state index >= 15 is 0 Å². The van der Waals surface area contributed by atoms with Crippen LogP contribution in [-0.4, -0.2) is 5.96 Å². The van der Waals surface area contributed by atoms with Crippen LogP contribution in [0, 0.1) is 0 Å². The Morgan fingerprint density at radius 1 is 0.893 bits per heavy atom. The van der Waals surface area contributed by atoms with Gasteiger partial charge in [0.05, 0.1) is 22.2 Å². The molecule has 3 aromatic rings. The van der Waals surface area contributed by atoms with E-state index in [9.17, 15) is 0 Å². The molecule has 1 aliphatic heterocycles. The Hall–Kier alpha value is -2.05. The number of halogens is 3. The third kappa shape index (κ3) is 4.33. The number of ether oxygens (including phenoxy) is 1. The number of nitrogens with zero attached hydrogens (tertiary/aromatic N) is 1. The summed E-state index contributed by atoms with van der Waals surface area (Å²) in [5.41, 5.74) is 1.71. The van der Waals surface area contributed by atoms with Crippen molar-refractivity contribution in [3.05, 3.63) is 81.3 Å². The van der Waals surface area contributed by atoms with E-state index in [1.807, 2.05) is 42.5 Å². The largest absolute Gasteiger partial charge is 0.454 e. The predicted octanol–water partition coefficient (Wildman–Crippen LogP) is 7.02. The monoisotopic (exact) mass is 449 g/mol. The first-order chi connectivity index (χ1) is 13.6. The lowest BCUT2D eigenvalue weighted by atomic mass is 10.2. The Balaban J connectivity index is 1.56. The van der Waals surface area contributed by atoms with E-state index in [2.05, 4.69) is 15.0 Å². The zero-order valence-electron chi connectivity index (χ0n) is 14.4. The fraction of sp³-hybridized carbons (Fsp3) is 0.0500. The molecule has 0 atom stereocenters. The Morgan fingerprint density at radius 3 is 2.54 bits per heavy atom. The van der Waals surface area contributed by atoms with Gasteiger partial charge in [0.2, 0.25) is 5.96 Å². The lowest BCUT2D eigenvalue weighted by Gasteiger charge is -2.23. The van der Waals surface area contributed by atoms with Crippen molar-refractivity contribution in [3.8, 4) is 11.5 Å². The van der Waals surface area contributed by atoms with E-state index in [1.165, 1.54) is 11.9 Å². The van der Waals surface area contributed by atoms with Crippen LogP contribution in [0.4, 0.5) is 5.69 Å². The fourth-order valence-corrected chi connectivity index (χ4v) is 3.95. The van der Waals surface area contributed by atoms with E-state index < -0.39 is 0 Å². The maximum absolute atomic E-state index is 6.23. The summed E-state index contributed by atoms with van der Waals surface area (Å²) in [5, 5.41) is 5.02. The Morgan fingerprint density at radius 2 is 1.71 bits per heavy atom. The summed E-state index contributed by atoms with van der Waals surface area (Å²) in [7, 11) is 0. The second-order valence-electron chi connectivity index (χ2n) is 5.89. The average Bonchev–Trinajstić information content (AvgIpc) is 2.69. The van der Waals surface area contributed by atoms with E-state index in [1.54, 1.807) is 18.2 Å². The van der Waals surface area contributed by atoms with Crippen molar-refractivity contribution in [2.24, 2.45) is 4.99 Å². The molecule has 0 bridgehead atoms. The minimum atomic E-state index is 0.411. The van der Waals surface area contributed by atoms with Gasteiger partial charge < -0.3 is 10.1 Å². The van der Waals surface area contributed by atoms with Gasteiger partial charge in [-0.1, -0.05) is 59.1 Å². The highest BCUT2D eigenvalue weighted by Gasteiger charge is 2.19. The first-order valence-corrected chi connectivity index (χ1v) is 10.3. The van der Waals surface area contributed by atoms with Crippen molar-refractivity contribution in [3.63, 3.8) is 0 Å². The van der Waals surface area contributed by atoms with Gasteiger partial charge in [-0.15, -0.1) is 0 Å². The number of nitrogens with one attached hydrogen (secondary N) is 2. The number of para-hydroxylation sites is 2. The van der Waals surface area contributed by atoms with Crippen molar-refractivity contribution in [2.45, 2.75) is 11.4 Å². The minimum absolute atomic E-state index is 0.411. The highest BCUT2D eigenvalue weighted by atomic mass is 35.5. The Labute approximate surface area is 182 Å². The number of guanidine groups is 1. The number of fused-ring (bicyclic) bond motifs is 1. The number of hydrogen-bond acceptors (Lipinski definition) is 3. The maximum atomic E-state index is 6.23. The van der Waals surface area contributed by atoms with Gasteiger partial charge in [0.15, 0.2) is 5.75 Å². The molecular formula is C20H14Cl3N3OS. The van der Waals surface area contributed by atoms with Gasteiger partial charge in [-0.2, -0.15) is 0 Å². The molecule has 0 amide bonds. The molecule has 28 heavy (non-hydrogen) atoms. The van der Waals surface area contributed by atoms with Crippen LogP contribution in [0.3, 0.4) is 0 Å². The molecule has 0 saturated carbocycles. The number of rotatable bonds is 4. The normalized spacial score (nSPS) is 14.2. The molecular weight excluding hydrogens is 437 g/mol. The average molecular weight is 451 g/mol. The van der Waals surface area contributed by atoms with Gasteiger partial charge in [-0.05, 0) is 53.9 Å². The van der Waals surface area contributed by atoms with Crippen LogP contribution in [0.5, 0.6) is 11.5 Å². The maximum Gasteiger partial charge on any atom is 0.206 e. The van der Waals surface area contributed by atoms with Crippen molar-refractivity contribution in [1.29, 1.82) is 0 Å². The summed E-state index contributed by atoms with van der Waals surface area (Å²) >= 11 is 19.8. The minimum Gasteiger partial charge on any atom is -0.454 e. The van der Waals surface area contributed by atoms with E-state index in [0.717, 1.165) is 16.1 Å². The molecule has 0 unspecified atom stereocenters. The lowest BCUT2D eigenvalue weighted by Crippen LogP contribution is -2.29. The Kier molecular flexibility index (Phi) is 5.87. The Bertz CT molecular complexity index is 1060. The quantitative estimate of drug-likeness (QED) is 0.419. The lowest BCUT2D eigenvalue weighted by molar-refractivity contribution is 0.484. The smallest absolute Gasteiger partial charge is 0.206 e. The molecule has 0 radical (unpaired) electrons. The van der Waals surface area contributed by atoms with Crippen molar-refractivity contribution >= 4 is 58.4 Å². The van der Waals surface area contributed by atoms with Gasteiger partial charge in [0.1, 0.15) is 5.75 Å². The molecule has 142 valence electrons. The molecule has 0 spiro atoms. The summed E-state index contributed by atoms with van der Waals surface area (Å²) < 4.78 is 9.21. The molecule has 2 N–H and O–H groups in total. The van der Waals surface area contributed by atoms with Crippen LogP contribution >= 0.6 is 46.8 Å². The molecule has 0 aromatic heterocycles. The van der Waals surface area contributed by atoms with Crippen molar-refractivity contribution < 1.29 is 4.74 Å². The molecule has 4 rings (SSSR count). The molecule has 0 aliphatic carbocycles. The third-order valence-corrected chi connectivity index (χ3v) is 5.72.